The Balaban J connectivity index is 1.55. The smallest absolute Gasteiger partial charge is 0.123 e. The van der Waals surface area contributed by atoms with Crippen molar-refractivity contribution in [3.8, 4) is 5.75 Å². The maximum absolute atomic E-state index is 9.33. The van der Waals surface area contributed by atoms with Crippen molar-refractivity contribution < 1.29 is 14.9 Å². The van der Waals surface area contributed by atoms with E-state index in [1.54, 1.807) is 0 Å². The number of piperidine rings is 2. The van der Waals surface area contributed by atoms with Gasteiger partial charge in [-0.25, -0.2) is 0 Å². The predicted octanol–water partition coefficient (Wildman–Crippen LogP) is 1.73. The molecule has 3 rings (SSSR count). The lowest BCUT2D eigenvalue weighted by Crippen LogP contribution is -2.50. The first-order valence-electron chi connectivity index (χ1n) is 9.69. The van der Waals surface area contributed by atoms with Crippen molar-refractivity contribution >= 4 is 0 Å². The molecule has 0 aliphatic carbocycles. The van der Waals surface area contributed by atoms with E-state index in [0.29, 0.717) is 25.2 Å². The van der Waals surface area contributed by atoms with Crippen molar-refractivity contribution in [2.75, 3.05) is 46.0 Å². The van der Waals surface area contributed by atoms with Gasteiger partial charge in [-0.1, -0.05) is 18.2 Å². The summed E-state index contributed by atoms with van der Waals surface area (Å²) in [6.07, 6.45) is 4.78. The monoisotopic (exact) mass is 348 g/mol. The van der Waals surface area contributed by atoms with Gasteiger partial charge in [0, 0.05) is 31.3 Å². The average Bonchev–Trinajstić information content (AvgIpc) is 2.67. The molecule has 1 aromatic rings. The fraction of sp³-hybridized carbons (Fsp3) is 0.700. The lowest BCUT2D eigenvalue weighted by molar-refractivity contribution is 0.0540. The molecule has 0 bridgehead atoms. The number of hydrogen-bond donors (Lipinski definition) is 2. The maximum Gasteiger partial charge on any atom is 0.123 e. The highest BCUT2D eigenvalue weighted by molar-refractivity contribution is 5.33. The highest BCUT2D eigenvalue weighted by Crippen LogP contribution is 2.26. The lowest BCUT2D eigenvalue weighted by Gasteiger charge is -2.42. The van der Waals surface area contributed by atoms with Crippen LogP contribution in [0.5, 0.6) is 5.75 Å². The Labute approximate surface area is 151 Å². The maximum atomic E-state index is 9.33. The molecule has 5 nitrogen and oxygen atoms in total. The number of hydrogen-bond acceptors (Lipinski definition) is 5. The van der Waals surface area contributed by atoms with Crippen LogP contribution in [0.25, 0.3) is 0 Å². The van der Waals surface area contributed by atoms with Crippen LogP contribution in [0.2, 0.25) is 0 Å². The largest absolute Gasteiger partial charge is 0.491 e. The molecular weight excluding hydrogens is 316 g/mol. The van der Waals surface area contributed by atoms with Crippen LogP contribution in [0.1, 0.15) is 31.2 Å². The van der Waals surface area contributed by atoms with E-state index in [1.165, 1.54) is 18.4 Å². The first-order valence-corrected chi connectivity index (χ1v) is 9.69. The van der Waals surface area contributed by atoms with E-state index < -0.39 is 0 Å². The molecule has 2 saturated heterocycles. The highest BCUT2D eigenvalue weighted by atomic mass is 16.5. The van der Waals surface area contributed by atoms with Gasteiger partial charge in [0.15, 0.2) is 0 Å². The van der Waals surface area contributed by atoms with Crippen LogP contribution in [0.3, 0.4) is 0 Å². The quantitative estimate of drug-likeness (QED) is 0.786. The van der Waals surface area contributed by atoms with Crippen molar-refractivity contribution in [2.45, 2.75) is 38.3 Å². The number of benzene rings is 1. The predicted molar refractivity (Wildman–Crippen MR) is 98.7 cm³/mol. The Morgan fingerprint density at radius 1 is 1.04 bits per heavy atom. The number of aliphatic hydroxyl groups excluding tert-OH is 2. The third-order valence-electron chi connectivity index (χ3n) is 5.62. The van der Waals surface area contributed by atoms with E-state index in [2.05, 4.69) is 21.9 Å². The van der Waals surface area contributed by atoms with Crippen molar-refractivity contribution in [3.05, 3.63) is 29.8 Å². The van der Waals surface area contributed by atoms with Crippen LogP contribution >= 0.6 is 0 Å². The van der Waals surface area contributed by atoms with Gasteiger partial charge in [0.1, 0.15) is 12.4 Å². The van der Waals surface area contributed by atoms with Crippen molar-refractivity contribution in [3.63, 3.8) is 0 Å². The van der Waals surface area contributed by atoms with Gasteiger partial charge in [-0.15, -0.1) is 0 Å². The Kier molecular flexibility index (Phi) is 7.11. The number of para-hydroxylation sites is 1. The fourth-order valence-corrected chi connectivity index (χ4v) is 4.15. The summed E-state index contributed by atoms with van der Waals surface area (Å²) in [7, 11) is 0. The molecule has 0 aromatic heterocycles. The number of ether oxygens (including phenoxy) is 1. The molecule has 0 saturated carbocycles. The third-order valence-corrected chi connectivity index (χ3v) is 5.62. The molecule has 25 heavy (non-hydrogen) atoms. The molecule has 0 amide bonds. The summed E-state index contributed by atoms with van der Waals surface area (Å²) in [6.45, 7) is 6.14. The summed E-state index contributed by atoms with van der Waals surface area (Å²) in [5, 5.41) is 18.3. The molecule has 1 aromatic carbocycles. The van der Waals surface area contributed by atoms with E-state index in [4.69, 9.17) is 9.84 Å². The number of rotatable bonds is 7. The summed E-state index contributed by atoms with van der Waals surface area (Å²) in [4.78, 5) is 5.17. The zero-order chi connectivity index (χ0) is 17.5. The number of nitrogens with zero attached hydrogens (tertiary/aromatic N) is 2. The van der Waals surface area contributed by atoms with Gasteiger partial charge in [-0.2, -0.15) is 0 Å². The molecule has 0 radical (unpaired) electrons. The first kappa shape index (κ1) is 18.6. The third kappa shape index (κ3) is 5.17. The summed E-state index contributed by atoms with van der Waals surface area (Å²) in [6, 6.07) is 8.80. The summed E-state index contributed by atoms with van der Waals surface area (Å²) in [5.41, 5.74) is 1.20. The summed E-state index contributed by atoms with van der Waals surface area (Å²) in [5.74, 6) is 1.40. The van der Waals surface area contributed by atoms with Gasteiger partial charge >= 0.3 is 0 Å². The number of likely N-dealkylation sites (tertiary alicyclic amines) is 2. The lowest BCUT2D eigenvalue weighted by atomic mass is 9.94. The Hall–Kier alpha value is -1.14. The fourth-order valence-electron chi connectivity index (χ4n) is 4.15. The zero-order valence-electron chi connectivity index (χ0n) is 15.1. The van der Waals surface area contributed by atoms with Crippen LogP contribution in [-0.2, 0) is 6.54 Å². The second-order valence-electron chi connectivity index (χ2n) is 7.37. The molecule has 140 valence electrons. The normalized spacial score (nSPS) is 23.7. The molecule has 0 spiro atoms. The van der Waals surface area contributed by atoms with E-state index in [9.17, 15) is 5.11 Å². The van der Waals surface area contributed by atoms with Gasteiger partial charge in [0.25, 0.3) is 0 Å². The molecule has 2 fully saturated rings. The van der Waals surface area contributed by atoms with Crippen LogP contribution in [0.15, 0.2) is 24.3 Å². The van der Waals surface area contributed by atoms with Crippen LogP contribution in [-0.4, -0.2) is 72.1 Å². The molecule has 2 aliphatic rings. The Bertz CT molecular complexity index is 517. The van der Waals surface area contributed by atoms with E-state index in [0.717, 1.165) is 51.3 Å². The van der Waals surface area contributed by atoms with Gasteiger partial charge in [-0.05, 0) is 57.3 Å². The van der Waals surface area contributed by atoms with Crippen molar-refractivity contribution in [1.29, 1.82) is 0 Å². The molecule has 1 unspecified atom stereocenters. The van der Waals surface area contributed by atoms with E-state index in [1.807, 2.05) is 12.1 Å². The standard InChI is InChI=1S/C20H32N2O3/c23-12-13-25-20-6-2-1-4-18(20)14-21-9-3-5-19(15-21)22-10-7-17(16-24)8-11-22/h1-2,4,6,17,19,23-24H,3,5,7-16H2. The second-order valence-corrected chi connectivity index (χ2v) is 7.37. The molecule has 2 aliphatic heterocycles. The molecule has 2 heterocycles. The van der Waals surface area contributed by atoms with Gasteiger partial charge in [0.05, 0.1) is 6.61 Å². The van der Waals surface area contributed by atoms with E-state index in [-0.39, 0.29) is 6.61 Å². The minimum absolute atomic E-state index is 0.0456. The molecule has 1 atom stereocenters. The second kappa shape index (κ2) is 9.53. The Morgan fingerprint density at radius 3 is 2.60 bits per heavy atom. The van der Waals surface area contributed by atoms with Gasteiger partial charge < -0.3 is 14.9 Å². The Morgan fingerprint density at radius 2 is 1.84 bits per heavy atom. The average molecular weight is 348 g/mol. The first-order chi connectivity index (χ1) is 12.3. The molecule has 5 heteroatoms. The number of aliphatic hydroxyl groups is 2. The van der Waals surface area contributed by atoms with Gasteiger partial charge in [-0.3, -0.25) is 9.80 Å². The van der Waals surface area contributed by atoms with E-state index >= 15 is 0 Å². The summed E-state index contributed by atoms with van der Waals surface area (Å²) >= 11 is 0. The van der Waals surface area contributed by atoms with Gasteiger partial charge in [0.2, 0.25) is 0 Å². The van der Waals surface area contributed by atoms with Crippen LogP contribution in [0.4, 0.5) is 0 Å². The van der Waals surface area contributed by atoms with Crippen LogP contribution in [0, 0.1) is 5.92 Å². The summed E-state index contributed by atoms with van der Waals surface area (Å²) < 4.78 is 5.68. The molecular formula is C20H32N2O3. The van der Waals surface area contributed by atoms with Crippen molar-refractivity contribution in [2.24, 2.45) is 5.92 Å². The minimum atomic E-state index is 0.0456. The molecule has 2 N–H and O–H groups in total. The zero-order valence-corrected chi connectivity index (χ0v) is 15.1. The minimum Gasteiger partial charge on any atom is -0.491 e. The highest BCUT2D eigenvalue weighted by Gasteiger charge is 2.28. The topological polar surface area (TPSA) is 56.2 Å². The van der Waals surface area contributed by atoms with Crippen LogP contribution < -0.4 is 4.74 Å². The van der Waals surface area contributed by atoms with Crippen molar-refractivity contribution in [1.82, 2.24) is 9.80 Å². The SMILES string of the molecule is OCCOc1ccccc1CN1CCCC(N2CCC(CO)CC2)C1.